The highest BCUT2D eigenvalue weighted by Crippen LogP contribution is 2.27. The smallest absolute Gasteiger partial charge is 0.258 e. The number of nitrogens with one attached hydrogen (secondary N) is 2. The molecular weight excluding hydrogens is 455 g/mol. The Morgan fingerprint density at radius 3 is 2.58 bits per heavy atom. The topological polar surface area (TPSA) is 75.5 Å². The summed E-state index contributed by atoms with van der Waals surface area (Å²) in [5.41, 5.74) is 2.70. The zero-order chi connectivity index (χ0) is 22.0. The van der Waals surface area contributed by atoms with Crippen LogP contribution in [-0.2, 0) is 17.8 Å². The molecule has 3 heterocycles. The van der Waals surface area contributed by atoms with Gasteiger partial charge in [-0.25, -0.2) is 4.98 Å². The molecule has 158 valence electrons. The van der Waals surface area contributed by atoms with Crippen molar-refractivity contribution in [3.63, 3.8) is 0 Å². The minimum Gasteiger partial charge on any atom is -0.351 e. The van der Waals surface area contributed by atoms with Crippen LogP contribution in [-0.4, -0.2) is 21.2 Å². The summed E-state index contributed by atoms with van der Waals surface area (Å²) in [5.74, 6) is -0.532. The molecule has 4 aromatic rings. The first-order chi connectivity index (χ1) is 14.9. The van der Waals surface area contributed by atoms with Gasteiger partial charge >= 0.3 is 0 Å². The van der Waals surface area contributed by atoms with Gasteiger partial charge in [-0.05, 0) is 42.6 Å². The van der Waals surface area contributed by atoms with E-state index in [-0.39, 0.29) is 27.9 Å². The van der Waals surface area contributed by atoms with Crippen molar-refractivity contribution in [3.05, 3.63) is 85.9 Å². The van der Waals surface area contributed by atoms with Crippen molar-refractivity contribution in [3.8, 4) is 0 Å². The lowest BCUT2D eigenvalue weighted by Gasteiger charge is -2.10. The number of carbonyl (C=O) groups excluding carboxylic acids is 2. The van der Waals surface area contributed by atoms with E-state index in [0.717, 1.165) is 10.6 Å². The molecule has 3 aromatic heterocycles. The second-order valence-corrected chi connectivity index (χ2v) is 8.69. The van der Waals surface area contributed by atoms with E-state index in [4.69, 9.17) is 23.2 Å². The van der Waals surface area contributed by atoms with Gasteiger partial charge in [-0.15, -0.1) is 11.3 Å². The largest absolute Gasteiger partial charge is 0.351 e. The Bertz CT molecular complexity index is 1250. The number of aryl methyl sites for hydroxylation is 1. The van der Waals surface area contributed by atoms with E-state index in [1.54, 1.807) is 41.7 Å². The summed E-state index contributed by atoms with van der Waals surface area (Å²) in [6, 6.07) is 12.3. The quantitative estimate of drug-likeness (QED) is 0.408. The van der Waals surface area contributed by atoms with Crippen LogP contribution in [0.3, 0.4) is 0 Å². The van der Waals surface area contributed by atoms with Gasteiger partial charge in [-0.2, -0.15) is 0 Å². The van der Waals surface area contributed by atoms with Crippen LogP contribution in [0.2, 0.25) is 10.0 Å². The fourth-order valence-electron chi connectivity index (χ4n) is 3.25. The van der Waals surface area contributed by atoms with Crippen molar-refractivity contribution >= 4 is 57.7 Å². The average Bonchev–Trinajstić information content (AvgIpc) is 3.35. The van der Waals surface area contributed by atoms with Crippen molar-refractivity contribution in [2.45, 2.75) is 19.9 Å². The van der Waals surface area contributed by atoms with E-state index in [0.29, 0.717) is 23.6 Å². The van der Waals surface area contributed by atoms with Crippen LogP contribution in [0.25, 0.3) is 5.65 Å². The first-order valence-electron chi connectivity index (χ1n) is 9.45. The number of anilines is 1. The molecule has 0 unspecified atom stereocenters. The Morgan fingerprint density at radius 1 is 1.10 bits per heavy atom. The third-order valence-corrected chi connectivity index (χ3v) is 6.26. The van der Waals surface area contributed by atoms with Crippen molar-refractivity contribution in [1.29, 1.82) is 0 Å². The van der Waals surface area contributed by atoms with E-state index in [9.17, 15) is 9.59 Å². The third kappa shape index (κ3) is 4.58. The van der Waals surface area contributed by atoms with Gasteiger partial charge in [0.15, 0.2) is 5.65 Å². The summed E-state index contributed by atoms with van der Waals surface area (Å²) in [6.07, 6.45) is 1.99. The molecule has 0 radical (unpaired) electrons. The minimum absolute atomic E-state index is 0.101. The van der Waals surface area contributed by atoms with Crippen LogP contribution in [0, 0.1) is 6.92 Å². The van der Waals surface area contributed by atoms with Gasteiger partial charge in [-0.3, -0.25) is 9.59 Å². The molecular formula is C22H18Cl2N4O2S. The van der Waals surface area contributed by atoms with Gasteiger partial charge in [0.1, 0.15) is 0 Å². The molecule has 0 saturated heterocycles. The van der Waals surface area contributed by atoms with Gasteiger partial charge in [0.05, 0.1) is 45.6 Å². The number of rotatable bonds is 6. The summed E-state index contributed by atoms with van der Waals surface area (Å²) in [4.78, 5) is 30.9. The number of carbonyl (C=O) groups is 2. The number of fused-ring (bicyclic) bond motifs is 1. The number of imidazole rings is 1. The van der Waals surface area contributed by atoms with E-state index in [2.05, 4.69) is 15.6 Å². The number of thiophene rings is 1. The fourth-order valence-corrected chi connectivity index (χ4v) is 4.47. The molecule has 0 atom stereocenters. The number of pyridine rings is 1. The molecule has 0 spiro atoms. The fraction of sp³-hybridized carbons (Fsp3) is 0.136. The molecule has 0 aliphatic carbocycles. The lowest BCUT2D eigenvalue weighted by molar-refractivity contribution is -0.120. The molecule has 4 rings (SSSR count). The zero-order valence-corrected chi connectivity index (χ0v) is 18.8. The highest BCUT2D eigenvalue weighted by Gasteiger charge is 2.19. The Kier molecular flexibility index (Phi) is 6.27. The van der Waals surface area contributed by atoms with E-state index in [1.165, 1.54) is 0 Å². The van der Waals surface area contributed by atoms with Gasteiger partial charge in [0.2, 0.25) is 5.91 Å². The van der Waals surface area contributed by atoms with Crippen LogP contribution < -0.4 is 10.6 Å². The predicted molar refractivity (Wildman–Crippen MR) is 124 cm³/mol. The predicted octanol–water partition coefficient (Wildman–Crippen LogP) is 5.12. The number of aromatic nitrogens is 2. The average molecular weight is 473 g/mol. The van der Waals surface area contributed by atoms with E-state index >= 15 is 0 Å². The van der Waals surface area contributed by atoms with Crippen molar-refractivity contribution in [1.82, 2.24) is 14.7 Å². The third-order valence-electron chi connectivity index (χ3n) is 4.76. The maximum Gasteiger partial charge on any atom is 0.258 e. The molecule has 0 saturated carbocycles. The maximum atomic E-state index is 12.8. The van der Waals surface area contributed by atoms with Crippen molar-refractivity contribution in [2.24, 2.45) is 0 Å². The highest BCUT2D eigenvalue weighted by atomic mass is 35.5. The van der Waals surface area contributed by atoms with Crippen molar-refractivity contribution in [2.75, 3.05) is 5.32 Å². The number of benzene rings is 1. The normalized spacial score (nSPS) is 10.9. The lowest BCUT2D eigenvalue weighted by Crippen LogP contribution is -2.25. The molecule has 0 bridgehead atoms. The molecule has 2 amide bonds. The molecule has 6 nitrogen and oxygen atoms in total. The first kappa shape index (κ1) is 21.4. The summed E-state index contributed by atoms with van der Waals surface area (Å²) >= 11 is 13.9. The molecule has 31 heavy (non-hydrogen) atoms. The zero-order valence-electron chi connectivity index (χ0n) is 16.5. The molecule has 0 fully saturated rings. The van der Waals surface area contributed by atoms with E-state index < -0.39 is 5.91 Å². The van der Waals surface area contributed by atoms with Crippen molar-refractivity contribution < 1.29 is 9.59 Å². The van der Waals surface area contributed by atoms with Gasteiger partial charge in [0.25, 0.3) is 5.91 Å². The number of amides is 2. The molecule has 2 N–H and O–H groups in total. The number of halogens is 2. The molecule has 0 aliphatic rings. The standard InChI is InChI=1S/C22H18Cl2N4O2S/c1-13-18(11-19(29)25-12-14-5-4-10-31-14)28-9-3-8-17(21(28)26-13)27-22(30)20-15(23)6-2-7-16(20)24/h2-10H,11-12H2,1H3,(H,25,29)(H,27,30). The summed E-state index contributed by atoms with van der Waals surface area (Å²) in [5, 5.41) is 8.26. The second kappa shape index (κ2) is 9.09. The summed E-state index contributed by atoms with van der Waals surface area (Å²) < 4.78 is 1.81. The Hall–Kier alpha value is -2.87. The summed E-state index contributed by atoms with van der Waals surface area (Å²) in [7, 11) is 0. The van der Waals surface area contributed by atoms with Crippen LogP contribution in [0.15, 0.2) is 54.0 Å². The Morgan fingerprint density at radius 2 is 1.87 bits per heavy atom. The maximum absolute atomic E-state index is 12.8. The van der Waals surface area contributed by atoms with Gasteiger partial charge < -0.3 is 15.0 Å². The first-order valence-corrected chi connectivity index (χ1v) is 11.1. The molecule has 9 heteroatoms. The summed E-state index contributed by atoms with van der Waals surface area (Å²) in [6.45, 7) is 2.33. The SMILES string of the molecule is Cc1nc2c(NC(=O)c3c(Cl)cccc3Cl)cccn2c1CC(=O)NCc1cccs1. The molecule has 0 aliphatic heterocycles. The van der Waals surface area contributed by atoms with Crippen LogP contribution >= 0.6 is 34.5 Å². The second-order valence-electron chi connectivity index (χ2n) is 6.84. The van der Waals surface area contributed by atoms with Crippen LogP contribution in [0.4, 0.5) is 5.69 Å². The Labute approximate surface area is 192 Å². The Balaban J connectivity index is 1.57. The number of hydrogen-bond donors (Lipinski definition) is 2. The number of hydrogen-bond acceptors (Lipinski definition) is 4. The van der Waals surface area contributed by atoms with Gasteiger partial charge in [-0.1, -0.05) is 35.3 Å². The monoisotopic (exact) mass is 472 g/mol. The van der Waals surface area contributed by atoms with Gasteiger partial charge in [0, 0.05) is 11.1 Å². The van der Waals surface area contributed by atoms with Crippen LogP contribution in [0.1, 0.15) is 26.6 Å². The minimum atomic E-state index is -0.431. The van der Waals surface area contributed by atoms with Crippen LogP contribution in [0.5, 0.6) is 0 Å². The van der Waals surface area contributed by atoms with E-state index in [1.807, 2.05) is 35.0 Å². The molecule has 1 aromatic carbocycles. The number of nitrogens with zero attached hydrogens (tertiary/aromatic N) is 2. The lowest BCUT2D eigenvalue weighted by atomic mass is 10.2. The highest BCUT2D eigenvalue weighted by molar-refractivity contribution is 7.09.